The maximum atomic E-state index is 14.0. The minimum atomic E-state index is -0.957. The van der Waals surface area contributed by atoms with Gasteiger partial charge in [0.2, 0.25) is 0 Å². The van der Waals surface area contributed by atoms with Gasteiger partial charge in [0.1, 0.15) is 17.2 Å². The third kappa shape index (κ3) is 3.12. The zero-order chi connectivity index (χ0) is 19.0. The van der Waals surface area contributed by atoms with Crippen molar-refractivity contribution in [3.63, 3.8) is 0 Å². The van der Waals surface area contributed by atoms with Crippen molar-refractivity contribution in [1.29, 1.82) is 0 Å². The zero-order valence-electron chi connectivity index (χ0n) is 13.6. The molecule has 0 unspecified atom stereocenters. The Balaban J connectivity index is 1.96. The highest BCUT2D eigenvalue weighted by molar-refractivity contribution is 5.73. The highest BCUT2D eigenvalue weighted by atomic mass is 19.1. The Bertz CT molecular complexity index is 1210. The first-order chi connectivity index (χ1) is 13.0. The van der Waals surface area contributed by atoms with E-state index in [2.05, 4.69) is 9.97 Å². The number of nitrogens with zero attached hydrogens (tertiary/aromatic N) is 3. The van der Waals surface area contributed by atoms with E-state index in [1.807, 2.05) is 0 Å². The highest BCUT2D eigenvalue weighted by Gasteiger charge is 2.17. The maximum absolute atomic E-state index is 14.0. The van der Waals surface area contributed by atoms with E-state index in [4.69, 9.17) is 4.74 Å². The lowest BCUT2D eigenvalue weighted by Crippen LogP contribution is -2.22. The summed E-state index contributed by atoms with van der Waals surface area (Å²) in [5.74, 6) is -2.54. The number of halogens is 3. The lowest BCUT2D eigenvalue weighted by molar-refractivity contribution is 0.397. The van der Waals surface area contributed by atoms with Crippen molar-refractivity contribution in [2.24, 2.45) is 0 Å². The van der Waals surface area contributed by atoms with E-state index in [0.29, 0.717) is 6.07 Å². The van der Waals surface area contributed by atoms with Crippen molar-refractivity contribution in [2.75, 3.05) is 0 Å². The predicted molar refractivity (Wildman–Crippen MR) is 91.5 cm³/mol. The minimum Gasteiger partial charge on any atom is -0.422 e. The van der Waals surface area contributed by atoms with Crippen LogP contribution in [0.2, 0.25) is 0 Å². The molecule has 27 heavy (non-hydrogen) atoms. The van der Waals surface area contributed by atoms with Crippen LogP contribution in [0.1, 0.15) is 0 Å². The summed E-state index contributed by atoms with van der Waals surface area (Å²) in [5.41, 5.74) is -0.0316. The third-order valence-corrected chi connectivity index (χ3v) is 3.78. The van der Waals surface area contributed by atoms with Gasteiger partial charge in [-0.1, -0.05) is 0 Å². The molecule has 4 rings (SSSR count). The lowest BCUT2D eigenvalue weighted by atomic mass is 10.3. The Morgan fingerprint density at radius 1 is 0.926 bits per heavy atom. The fourth-order valence-electron chi connectivity index (χ4n) is 2.54. The largest absolute Gasteiger partial charge is 0.422 e. The molecular formula is C19H10F3N3O2. The lowest BCUT2D eigenvalue weighted by Gasteiger charge is -2.14. The molecule has 0 saturated carbocycles. The molecule has 0 N–H and O–H groups in total. The summed E-state index contributed by atoms with van der Waals surface area (Å²) in [4.78, 5) is 21.1. The summed E-state index contributed by atoms with van der Waals surface area (Å²) in [5, 5.41) is 0. The van der Waals surface area contributed by atoms with Gasteiger partial charge < -0.3 is 4.74 Å². The molecule has 2 aromatic heterocycles. The van der Waals surface area contributed by atoms with Gasteiger partial charge in [-0.2, -0.15) is 4.98 Å². The summed E-state index contributed by atoms with van der Waals surface area (Å²) in [6.45, 7) is 0. The topological polar surface area (TPSA) is 57.0 Å². The van der Waals surface area contributed by atoms with Crippen LogP contribution in [0.5, 0.6) is 11.8 Å². The number of aromatic nitrogens is 3. The Morgan fingerprint density at radius 2 is 1.67 bits per heavy atom. The summed E-state index contributed by atoms with van der Waals surface area (Å²) in [6, 6.07) is 10.6. The van der Waals surface area contributed by atoms with E-state index in [0.717, 1.165) is 28.8 Å². The number of benzene rings is 2. The van der Waals surface area contributed by atoms with Gasteiger partial charge in [0.05, 0.1) is 5.69 Å². The molecule has 0 amide bonds. The molecule has 0 aliphatic heterocycles. The van der Waals surface area contributed by atoms with E-state index in [9.17, 15) is 18.0 Å². The smallest absolute Gasteiger partial charge is 0.310 e. The van der Waals surface area contributed by atoms with Crippen molar-refractivity contribution in [3.05, 3.63) is 88.6 Å². The van der Waals surface area contributed by atoms with Crippen LogP contribution in [-0.2, 0) is 0 Å². The average molecular weight is 369 g/mol. The van der Waals surface area contributed by atoms with Crippen molar-refractivity contribution in [2.45, 2.75) is 0 Å². The summed E-state index contributed by atoms with van der Waals surface area (Å²) in [7, 11) is 0. The Labute approximate surface area is 150 Å². The van der Waals surface area contributed by atoms with Crippen LogP contribution in [-0.4, -0.2) is 14.5 Å². The highest BCUT2D eigenvalue weighted by Crippen LogP contribution is 2.26. The van der Waals surface area contributed by atoms with Gasteiger partial charge in [0.15, 0.2) is 17.1 Å². The number of pyridine rings is 1. The second kappa shape index (κ2) is 6.56. The molecule has 2 aromatic carbocycles. The van der Waals surface area contributed by atoms with Gasteiger partial charge in [-0.25, -0.2) is 22.7 Å². The first-order valence-corrected chi connectivity index (χ1v) is 7.79. The Kier molecular flexibility index (Phi) is 4.08. The maximum Gasteiger partial charge on any atom is 0.310 e. The van der Waals surface area contributed by atoms with E-state index in [1.165, 1.54) is 18.3 Å². The molecule has 5 nitrogen and oxygen atoms in total. The van der Waals surface area contributed by atoms with Crippen molar-refractivity contribution in [3.8, 4) is 17.4 Å². The van der Waals surface area contributed by atoms with E-state index >= 15 is 0 Å². The second-order valence-corrected chi connectivity index (χ2v) is 5.56. The second-order valence-electron chi connectivity index (χ2n) is 5.56. The van der Waals surface area contributed by atoms with Gasteiger partial charge in [-0.05, 0) is 48.5 Å². The van der Waals surface area contributed by atoms with E-state index in [1.54, 1.807) is 12.1 Å². The predicted octanol–water partition coefficient (Wildman–Crippen LogP) is 3.99. The van der Waals surface area contributed by atoms with Crippen LogP contribution in [0.4, 0.5) is 13.2 Å². The molecule has 0 fully saturated rings. The Hall–Kier alpha value is -3.68. The van der Waals surface area contributed by atoms with Crippen LogP contribution < -0.4 is 10.3 Å². The fraction of sp³-hybridized carbons (Fsp3) is 0. The number of hydrogen-bond acceptors (Lipinski definition) is 4. The van der Waals surface area contributed by atoms with Gasteiger partial charge in [-0.15, -0.1) is 0 Å². The van der Waals surface area contributed by atoms with Crippen LogP contribution >= 0.6 is 0 Å². The van der Waals surface area contributed by atoms with Crippen LogP contribution in [0, 0.1) is 17.5 Å². The number of hydrogen-bond donors (Lipinski definition) is 0. The van der Waals surface area contributed by atoms with Crippen LogP contribution in [0.15, 0.2) is 65.6 Å². The van der Waals surface area contributed by atoms with Crippen molar-refractivity contribution < 1.29 is 17.9 Å². The molecule has 0 bridgehead atoms. The van der Waals surface area contributed by atoms with E-state index < -0.39 is 23.0 Å². The molecule has 0 aliphatic carbocycles. The third-order valence-electron chi connectivity index (χ3n) is 3.78. The minimum absolute atomic E-state index is 0.0637. The summed E-state index contributed by atoms with van der Waals surface area (Å²) in [6.07, 6.45) is 1.43. The molecule has 4 aromatic rings. The molecule has 0 saturated heterocycles. The molecule has 0 atom stereocenters. The van der Waals surface area contributed by atoms with Gasteiger partial charge in [0, 0.05) is 12.3 Å². The summed E-state index contributed by atoms with van der Waals surface area (Å²) < 4.78 is 46.9. The van der Waals surface area contributed by atoms with Crippen LogP contribution in [0.3, 0.4) is 0 Å². The van der Waals surface area contributed by atoms with E-state index in [-0.39, 0.29) is 28.5 Å². The molecule has 0 aliphatic rings. The molecule has 0 radical (unpaired) electrons. The Morgan fingerprint density at radius 3 is 2.41 bits per heavy atom. The molecule has 2 heterocycles. The first kappa shape index (κ1) is 16.8. The number of fused-ring (bicyclic) bond motifs is 1. The number of rotatable bonds is 3. The molecule has 134 valence electrons. The standard InChI is InChI=1S/C19H10F3N3O2/c20-11-3-6-13(7-4-11)25-18(26)17-15(2-1-9-23-17)24-19(25)27-16-8-5-12(21)10-14(16)22/h1-10H. The van der Waals surface area contributed by atoms with Gasteiger partial charge >= 0.3 is 6.01 Å². The molecular weight excluding hydrogens is 359 g/mol. The van der Waals surface area contributed by atoms with Crippen molar-refractivity contribution in [1.82, 2.24) is 14.5 Å². The monoisotopic (exact) mass is 369 g/mol. The van der Waals surface area contributed by atoms with Gasteiger partial charge in [0.25, 0.3) is 5.56 Å². The first-order valence-electron chi connectivity index (χ1n) is 7.79. The molecule has 8 heteroatoms. The SMILES string of the molecule is O=c1c2ncccc2nc(Oc2ccc(F)cc2F)n1-c1ccc(F)cc1. The zero-order valence-corrected chi connectivity index (χ0v) is 13.6. The normalized spacial score (nSPS) is 10.9. The van der Waals surface area contributed by atoms with Crippen molar-refractivity contribution >= 4 is 11.0 Å². The van der Waals surface area contributed by atoms with Gasteiger partial charge in [-0.3, -0.25) is 4.79 Å². The average Bonchev–Trinajstić information content (AvgIpc) is 2.65. The quantitative estimate of drug-likeness (QED) is 0.548. The number of ether oxygens (including phenoxy) is 1. The fourth-order valence-corrected chi connectivity index (χ4v) is 2.54. The summed E-state index contributed by atoms with van der Waals surface area (Å²) >= 11 is 0. The molecule has 0 spiro atoms. The van der Waals surface area contributed by atoms with Crippen LogP contribution in [0.25, 0.3) is 16.7 Å².